The van der Waals surface area contributed by atoms with Crippen molar-refractivity contribution in [3.05, 3.63) is 65.2 Å². The first-order valence-corrected chi connectivity index (χ1v) is 7.32. The van der Waals surface area contributed by atoms with E-state index in [-0.39, 0.29) is 4.83 Å². The summed E-state index contributed by atoms with van der Waals surface area (Å²) in [5, 5.41) is 0. The Hall–Kier alpha value is -1.42. The number of ether oxygens (including phenoxy) is 1. The standard InChI is InChI=1S/C16H15BrF2O/c1-2-20-14-7-4-11(5-8-14)15(17)9-12-3-6-13(18)10-16(12)19/h3-8,10,15H,2,9H2,1H3. The molecule has 0 aromatic heterocycles. The second kappa shape index (κ2) is 6.84. The van der Waals surface area contributed by atoms with Gasteiger partial charge in [0.25, 0.3) is 0 Å². The molecule has 0 bridgehead atoms. The molecular formula is C16H15BrF2O. The van der Waals surface area contributed by atoms with Crippen LogP contribution in [0.2, 0.25) is 0 Å². The first-order chi connectivity index (χ1) is 9.60. The second-order valence-electron chi connectivity index (χ2n) is 4.41. The van der Waals surface area contributed by atoms with Crippen LogP contribution < -0.4 is 4.74 Å². The van der Waals surface area contributed by atoms with Crippen molar-refractivity contribution < 1.29 is 13.5 Å². The summed E-state index contributed by atoms with van der Waals surface area (Å²) in [5.41, 5.74) is 1.51. The maximum atomic E-state index is 13.6. The van der Waals surface area contributed by atoms with E-state index in [1.54, 1.807) is 0 Å². The Morgan fingerprint density at radius 1 is 1.10 bits per heavy atom. The molecule has 0 fully saturated rings. The molecule has 20 heavy (non-hydrogen) atoms. The van der Waals surface area contributed by atoms with E-state index in [1.807, 2.05) is 31.2 Å². The van der Waals surface area contributed by atoms with E-state index in [4.69, 9.17) is 4.74 Å². The molecule has 1 unspecified atom stereocenters. The molecule has 2 aromatic rings. The van der Waals surface area contributed by atoms with Crippen LogP contribution in [-0.4, -0.2) is 6.61 Å². The van der Waals surface area contributed by atoms with E-state index in [1.165, 1.54) is 12.1 Å². The Morgan fingerprint density at radius 3 is 2.40 bits per heavy atom. The maximum Gasteiger partial charge on any atom is 0.129 e. The molecular weight excluding hydrogens is 326 g/mol. The third-order valence-electron chi connectivity index (χ3n) is 2.97. The van der Waals surface area contributed by atoms with Gasteiger partial charge in [0.15, 0.2) is 0 Å². The molecule has 4 heteroatoms. The van der Waals surface area contributed by atoms with Crippen molar-refractivity contribution in [2.75, 3.05) is 6.61 Å². The van der Waals surface area contributed by atoms with Crippen LogP contribution in [0, 0.1) is 11.6 Å². The number of hydrogen-bond acceptors (Lipinski definition) is 1. The minimum atomic E-state index is -0.557. The van der Waals surface area contributed by atoms with Crippen LogP contribution in [0.5, 0.6) is 5.75 Å². The van der Waals surface area contributed by atoms with Crippen molar-refractivity contribution in [3.63, 3.8) is 0 Å². The van der Waals surface area contributed by atoms with Crippen molar-refractivity contribution in [3.8, 4) is 5.75 Å². The molecule has 1 atom stereocenters. The average Bonchev–Trinajstić information content (AvgIpc) is 2.43. The highest BCUT2D eigenvalue weighted by Gasteiger charge is 2.12. The van der Waals surface area contributed by atoms with Crippen molar-refractivity contribution in [1.29, 1.82) is 0 Å². The van der Waals surface area contributed by atoms with E-state index in [0.29, 0.717) is 18.6 Å². The first-order valence-electron chi connectivity index (χ1n) is 6.41. The summed E-state index contributed by atoms with van der Waals surface area (Å²) in [6.07, 6.45) is 0.458. The molecule has 0 radical (unpaired) electrons. The zero-order valence-electron chi connectivity index (χ0n) is 11.1. The number of rotatable bonds is 5. The zero-order chi connectivity index (χ0) is 14.5. The summed E-state index contributed by atoms with van der Waals surface area (Å²) < 4.78 is 31.8. The number of halogens is 3. The van der Waals surface area contributed by atoms with Gasteiger partial charge in [-0.1, -0.05) is 34.1 Å². The normalized spacial score (nSPS) is 12.2. The van der Waals surface area contributed by atoms with Gasteiger partial charge in [-0.3, -0.25) is 0 Å². The van der Waals surface area contributed by atoms with Crippen LogP contribution in [0.1, 0.15) is 22.9 Å². The van der Waals surface area contributed by atoms with Gasteiger partial charge in [0, 0.05) is 10.9 Å². The number of hydrogen-bond donors (Lipinski definition) is 0. The molecule has 0 aliphatic heterocycles. The van der Waals surface area contributed by atoms with Gasteiger partial charge in [-0.15, -0.1) is 0 Å². The second-order valence-corrected chi connectivity index (χ2v) is 5.51. The summed E-state index contributed by atoms with van der Waals surface area (Å²) in [4.78, 5) is -0.0295. The summed E-state index contributed by atoms with van der Waals surface area (Å²) in [6, 6.07) is 11.3. The van der Waals surface area contributed by atoms with Crippen LogP contribution in [0.25, 0.3) is 0 Å². The first kappa shape index (κ1) is 15.0. The lowest BCUT2D eigenvalue weighted by molar-refractivity contribution is 0.340. The Morgan fingerprint density at radius 2 is 1.80 bits per heavy atom. The molecule has 0 N–H and O–H groups in total. The lowest BCUT2D eigenvalue weighted by Crippen LogP contribution is -1.99. The van der Waals surface area contributed by atoms with E-state index in [9.17, 15) is 8.78 Å². The van der Waals surface area contributed by atoms with E-state index in [2.05, 4.69) is 15.9 Å². The van der Waals surface area contributed by atoms with Gasteiger partial charge in [-0.05, 0) is 42.7 Å². The fourth-order valence-electron chi connectivity index (χ4n) is 1.94. The van der Waals surface area contributed by atoms with Crippen LogP contribution in [0.3, 0.4) is 0 Å². The number of benzene rings is 2. The summed E-state index contributed by atoms with van der Waals surface area (Å²) in [5.74, 6) is -0.261. The lowest BCUT2D eigenvalue weighted by Gasteiger charge is -2.12. The minimum Gasteiger partial charge on any atom is -0.494 e. The lowest BCUT2D eigenvalue weighted by atomic mass is 10.0. The highest BCUT2D eigenvalue weighted by atomic mass is 79.9. The quantitative estimate of drug-likeness (QED) is 0.692. The third kappa shape index (κ3) is 3.79. The maximum absolute atomic E-state index is 13.6. The molecule has 0 aliphatic carbocycles. The van der Waals surface area contributed by atoms with Crippen LogP contribution in [0.15, 0.2) is 42.5 Å². The fraction of sp³-hybridized carbons (Fsp3) is 0.250. The van der Waals surface area contributed by atoms with E-state index < -0.39 is 11.6 Å². The highest BCUT2D eigenvalue weighted by molar-refractivity contribution is 9.09. The fourth-order valence-corrected chi connectivity index (χ4v) is 2.59. The molecule has 2 rings (SSSR count). The summed E-state index contributed by atoms with van der Waals surface area (Å²) >= 11 is 3.54. The van der Waals surface area contributed by atoms with Crippen molar-refractivity contribution in [2.24, 2.45) is 0 Å². The van der Waals surface area contributed by atoms with E-state index in [0.717, 1.165) is 17.4 Å². The minimum absolute atomic E-state index is 0.0295. The van der Waals surface area contributed by atoms with Crippen LogP contribution in [0.4, 0.5) is 8.78 Å². The van der Waals surface area contributed by atoms with Gasteiger partial charge in [-0.25, -0.2) is 8.78 Å². The van der Waals surface area contributed by atoms with Gasteiger partial charge in [0.2, 0.25) is 0 Å². The predicted octanol–water partition coefficient (Wildman–Crippen LogP) is 5.04. The molecule has 0 heterocycles. The zero-order valence-corrected chi connectivity index (χ0v) is 12.7. The Bertz CT molecular complexity index is 569. The van der Waals surface area contributed by atoms with Crippen molar-refractivity contribution in [2.45, 2.75) is 18.2 Å². The van der Waals surface area contributed by atoms with Gasteiger partial charge in [0.05, 0.1) is 6.61 Å². The molecule has 1 nitrogen and oxygen atoms in total. The third-order valence-corrected chi connectivity index (χ3v) is 3.82. The summed E-state index contributed by atoms with van der Waals surface area (Å²) in [7, 11) is 0. The van der Waals surface area contributed by atoms with Crippen molar-refractivity contribution in [1.82, 2.24) is 0 Å². The van der Waals surface area contributed by atoms with Crippen LogP contribution >= 0.6 is 15.9 Å². The molecule has 0 spiro atoms. The molecule has 0 saturated heterocycles. The predicted molar refractivity (Wildman–Crippen MR) is 79.3 cm³/mol. The summed E-state index contributed by atoms with van der Waals surface area (Å²) in [6.45, 7) is 2.55. The van der Waals surface area contributed by atoms with Gasteiger partial charge >= 0.3 is 0 Å². The van der Waals surface area contributed by atoms with Gasteiger partial charge in [-0.2, -0.15) is 0 Å². The Labute approximate surface area is 125 Å². The molecule has 0 amide bonds. The topological polar surface area (TPSA) is 9.23 Å². The molecule has 2 aromatic carbocycles. The number of alkyl halides is 1. The average molecular weight is 341 g/mol. The van der Waals surface area contributed by atoms with Crippen molar-refractivity contribution >= 4 is 15.9 Å². The van der Waals surface area contributed by atoms with Crippen LogP contribution in [-0.2, 0) is 6.42 Å². The molecule has 106 valence electrons. The molecule has 0 aliphatic rings. The molecule has 0 saturated carbocycles. The Balaban J connectivity index is 2.09. The smallest absolute Gasteiger partial charge is 0.129 e. The Kier molecular flexibility index (Phi) is 5.12. The van der Waals surface area contributed by atoms with Gasteiger partial charge < -0.3 is 4.74 Å². The SMILES string of the molecule is CCOc1ccc(C(Br)Cc2ccc(F)cc2F)cc1. The van der Waals surface area contributed by atoms with E-state index >= 15 is 0 Å². The monoisotopic (exact) mass is 340 g/mol. The van der Waals surface area contributed by atoms with Gasteiger partial charge in [0.1, 0.15) is 17.4 Å². The largest absolute Gasteiger partial charge is 0.494 e. The highest BCUT2D eigenvalue weighted by Crippen LogP contribution is 2.29.